The zero-order valence-electron chi connectivity index (χ0n) is 18.7. The van der Waals surface area contributed by atoms with Gasteiger partial charge < -0.3 is 9.47 Å². The van der Waals surface area contributed by atoms with Gasteiger partial charge in [0.2, 0.25) is 0 Å². The van der Waals surface area contributed by atoms with Crippen LogP contribution in [0.3, 0.4) is 0 Å². The molecule has 2 aromatic carbocycles. The van der Waals surface area contributed by atoms with Gasteiger partial charge in [-0.3, -0.25) is 0 Å². The summed E-state index contributed by atoms with van der Waals surface area (Å²) >= 11 is 0. The smallest absolute Gasteiger partial charge is 0.432 e. The molecule has 0 aliphatic heterocycles. The van der Waals surface area contributed by atoms with Gasteiger partial charge in [0.25, 0.3) is 0 Å². The van der Waals surface area contributed by atoms with Crippen LogP contribution in [-0.2, 0) is 6.11 Å². The van der Waals surface area contributed by atoms with Crippen LogP contribution < -0.4 is 9.47 Å². The van der Waals surface area contributed by atoms with Gasteiger partial charge in [0.1, 0.15) is 22.9 Å². The highest BCUT2D eigenvalue weighted by Gasteiger charge is 2.42. The Labute approximate surface area is 189 Å². The summed E-state index contributed by atoms with van der Waals surface area (Å²) < 4.78 is 96.0. The number of benzene rings is 2. The molecule has 0 bridgehead atoms. The zero-order valence-corrected chi connectivity index (χ0v) is 18.7. The van der Waals surface area contributed by atoms with Gasteiger partial charge in [-0.25, -0.2) is 17.6 Å². The van der Waals surface area contributed by atoms with Crippen molar-refractivity contribution in [3.63, 3.8) is 0 Å². The summed E-state index contributed by atoms with van der Waals surface area (Å²) in [6, 6.07) is 2.79. The average Bonchev–Trinajstić information content (AvgIpc) is 2.73. The van der Waals surface area contributed by atoms with Gasteiger partial charge in [-0.15, -0.1) is 0 Å². The normalized spacial score (nSPS) is 18.9. The second-order valence-electron chi connectivity index (χ2n) is 8.55. The predicted molar refractivity (Wildman–Crippen MR) is 113 cm³/mol. The first-order valence-corrected chi connectivity index (χ1v) is 11.3. The number of halogens is 6. The van der Waals surface area contributed by atoms with Crippen molar-refractivity contribution >= 4 is 0 Å². The summed E-state index contributed by atoms with van der Waals surface area (Å²) in [6.45, 7) is 3.85. The summed E-state index contributed by atoms with van der Waals surface area (Å²) in [5.74, 6) is -6.63. The molecule has 2 aromatic rings. The molecular weight excluding hydrogens is 446 g/mol. The molecule has 1 saturated carbocycles. The fourth-order valence-corrected chi connectivity index (χ4v) is 4.44. The van der Waals surface area contributed by atoms with Crippen molar-refractivity contribution in [2.75, 3.05) is 6.61 Å². The lowest BCUT2D eigenvalue weighted by atomic mass is 9.77. The van der Waals surface area contributed by atoms with Crippen molar-refractivity contribution in [2.24, 2.45) is 5.92 Å². The van der Waals surface area contributed by atoms with Crippen LogP contribution in [0, 0.1) is 29.2 Å². The van der Waals surface area contributed by atoms with Crippen molar-refractivity contribution in [1.29, 1.82) is 0 Å². The summed E-state index contributed by atoms with van der Waals surface area (Å²) in [6.07, 6.45) is 1.49. The molecule has 182 valence electrons. The fraction of sp³-hybridized carbons (Fsp3) is 0.520. The van der Waals surface area contributed by atoms with E-state index in [1.165, 1.54) is 0 Å². The molecule has 8 heteroatoms. The van der Waals surface area contributed by atoms with Crippen LogP contribution in [0.15, 0.2) is 24.3 Å². The van der Waals surface area contributed by atoms with Crippen molar-refractivity contribution in [3.8, 4) is 11.5 Å². The lowest BCUT2D eigenvalue weighted by Crippen LogP contribution is -2.26. The van der Waals surface area contributed by atoms with Gasteiger partial charge in [0.05, 0.1) is 6.61 Å². The maximum absolute atomic E-state index is 14.7. The molecule has 0 heterocycles. The van der Waals surface area contributed by atoms with Crippen LogP contribution in [0.5, 0.6) is 11.5 Å². The summed E-state index contributed by atoms with van der Waals surface area (Å²) in [5.41, 5.74) is -1.27. The van der Waals surface area contributed by atoms with E-state index in [-0.39, 0.29) is 12.5 Å². The number of alkyl halides is 2. The zero-order chi connectivity index (χ0) is 24.2. The minimum Gasteiger partial charge on any atom is -0.488 e. The standard InChI is InChI=1S/C25H28F6O2/c1-3-5-15-6-8-16(9-7-15)17-11-19(26)23(20(27)12-17)25(30,31)33-18-13-21(28)24(22(29)14-18)32-10-4-2/h11-16H,3-10H2,1-2H3. The number of hydrogen-bond acceptors (Lipinski definition) is 2. The Balaban J connectivity index is 1.80. The fourth-order valence-electron chi connectivity index (χ4n) is 4.44. The van der Waals surface area contributed by atoms with Crippen molar-refractivity contribution in [2.45, 2.75) is 70.8 Å². The van der Waals surface area contributed by atoms with E-state index >= 15 is 0 Å². The van der Waals surface area contributed by atoms with Crippen molar-refractivity contribution in [1.82, 2.24) is 0 Å². The number of hydrogen-bond donors (Lipinski definition) is 0. The van der Waals surface area contributed by atoms with Crippen LogP contribution in [0.25, 0.3) is 0 Å². The van der Waals surface area contributed by atoms with E-state index < -0.39 is 46.4 Å². The van der Waals surface area contributed by atoms with Crippen molar-refractivity contribution in [3.05, 3.63) is 58.7 Å². The minimum atomic E-state index is -4.49. The van der Waals surface area contributed by atoms with E-state index in [2.05, 4.69) is 11.7 Å². The molecule has 3 rings (SSSR count). The Hall–Kier alpha value is -2.38. The predicted octanol–water partition coefficient (Wildman–Crippen LogP) is 8.23. The van der Waals surface area contributed by atoms with Gasteiger partial charge in [-0.1, -0.05) is 26.7 Å². The van der Waals surface area contributed by atoms with Crippen molar-refractivity contribution < 1.29 is 35.8 Å². The van der Waals surface area contributed by atoms with E-state index in [1.54, 1.807) is 6.92 Å². The molecule has 1 aliphatic carbocycles. The second-order valence-corrected chi connectivity index (χ2v) is 8.55. The summed E-state index contributed by atoms with van der Waals surface area (Å²) in [4.78, 5) is 0. The molecule has 1 fully saturated rings. The highest BCUT2D eigenvalue weighted by atomic mass is 19.3. The molecule has 0 atom stereocenters. The lowest BCUT2D eigenvalue weighted by molar-refractivity contribution is -0.189. The van der Waals surface area contributed by atoms with Crippen LogP contribution in [-0.4, -0.2) is 6.61 Å². The third-order valence-corrected chi connectivity index (χ3v) is 6.04. The largest absolute Gasteiger partial charge is 0.488 e. The number of ether oxygens (including phenoxy) is 2. The van der Waals surface area contributed by atoms with Gasteiger partial charge in [-0.05, 0) is 61.6 Å². The maximum atomic E-state index is 14.7. The van der Waals surface area contributed by atoms with Crippen LogP contribution in [0.4, 0.5) is 26.3 Å². The monoisotopic (exact) mass is 474 g/mol. The Morgan fingerprint density at radius 1 is 0.818 bits per heavy atom. The third kappa shape index (κ3) is 5.95. The molecule has 0 radical (unpaired) electrons. The SMILES string of the molecule is CCCOc1c(F)cc(OC(F)(F)c2c(F)cc(C3CCC(CCC)CC3)cc2F)cc1F. The van der Waals surface area contributed by atoms with E-state index in [1.807, 2.05) is 0 Å². The minimum absolute atomic E-state index is 0.0211. The van der Waals surface area contributed by atoms with E-state index in [9.17, 15) is 26.3 Å². The molecule has 1 aliphatic rings. The Kier molecular flexibility index (Phi) is 8.19. The molecular formula is C25H28F6O2. The molecule has 0 amide bonds. The highest BCUT2D eigenvalue weighted by molar-refractivity contribution is 5.36. The molecule has 0 unspecified atom stereocenters. The first-order valence-electron chi connectivity index (χ1n) is 11.3. The lowest BCUT2D eigenvalue weighted by Gasteiger charge is -2.29. The van der Waals surface area contributed by atoms with Crippen LogP contribution in [0.2, 0.25) is 0 Å². The first-order chi connectivity index (χ1) is 15.7. The summed E-state index contributed by atoms with van der Waals surface area (Å²) in [7, 11) is 0. The molecule has 0 saturated heterocycles. The van der Waals surface area contributed by atoms with Gasteiger partial charge in [0, 0.05) is 12.1 Å². The Morgan fingerprint density at radius 2 is 1.39 bits per heavy atom. The highest BCUT2D eigenvalue weighted by Crippen LogP contribution is 2.41. The van der Waals surface area contributed by atoms with Gasteiger partial charge >= 0.3 is 6.11 Å². The van der Waals surface area contributed by atoms with Crippen LogP contribution in [0.1, 0.15) is 75.8 Å². The molecule has 0 spiro atoms. The first kappa shape index (κ1) is 25.2. The average molecular weight is 474 g/mol. The van der Waals surface area contributed by atoms with E-state index in [0.717, 1.165) is 50.7 Å². The molecule has 0 N–H and O–H groups in total. The van der Waals surface area contributed by atoms with E-state index in [0.29, 0.717) is 30.0 Å². The number of rotatable bonds is 9. The Morgan fingerprint density at radius 3 is 1.91 bits per heavy atom. The second kappa shape index (κ2) is 10.7. The third-order valence-electron chi connectivity index (χ3n) is 6.04. The quantitative estimate of drug-likeness (QED) is 0.341. The maximum Gasteiger partial charge on any atom is 0.432 e. The molecule has 33 heavy (non-hydrogen) atoms. The molecule has 0 aromatic heterocycles. The van der Waals surface area contributed by atoms with E-state index in [4.69, 9.17) is 4.74 Å². The van der Waals surface area contributed by atoms with Gasteiger partial charge in [0.15, 0.2) is 17.4 Å². The van der Waals surface area contributed by atoms with Gasteiger partial charge in [-0.2, -0.15) is 8.78 Å². The molecule has 2 nitrogen and oxygen atoms in total. The Bertz CT molecular complexity index is 908. The summed E-state index contributed by atoms with van der Waals surface area (Å²) in [5, 5.41) is 0. The van der Waals surface area contributed by atoms with Crippen LogP contribution >= 0.6 is 0 Å². The topological polar surface area (TPSA) is 18.5 Å².